The number of aromatic amines is 2. The number of fused-ring (bicyclic) bond motifs is 1. The lowest BCUT2D eigenvalue weighted by Gasteiger charge is -2.33. The molecule has 15 heteroatoms. The van der Waals surface area contributed by atoms with Gasteiger partial charge in [0.05, 0.1) is 6.33 Å². The van der Waals surface area contributed by atoms with Gasteiger partial charge in [-0.1, -0.05) is 5.10 Å². The van der Waals surface area contributed by atoms with Gasteiger partial charge in [-0.3, -0.25) is 14.6 Å². The maximum atomic E-state index is 12.6. The molecule has 1 aliphatic rings. The Hall–Kier alpha value is -3.52. The Labute approximate surface area is 152 Å². The first-order valence-electron chi connectivity index (χ1n) is 8.09. The maximum absolute atomic E-state index is 12.6. The van der Waals surface area contributed by atoms with E-state index in [9.17, 15) is 27.6 Å². The van der Waals surface area contributed by atoms with Crippen molar-refractivity contribution >= 4 is 17.1 Å². The highest BCUT2D eigenvalue weighted by molar-refractivity contribution is 5.82. The van der Waals surface area contributed by atoms with Gasteiger partial charge in [0.15, 0.2) is 11.2 Å². The summed E-state index contributed by atoms with van der Waals surface area (Å²) in [6, 6.07) is -0.387. The number of likely N-dealkylation sites (tertiary alicyclic amines) is 1. The molecule has 1 fully saturated rings. The summed E-state index contributed by atoms with van der Waals surface area (Å²) < 4.78 is 40.3. The van der Waals surface area contributed by atoms with Gasteiger partial charge < -0.3 is 9.47 Å². The monoisotopic (exact) mass is 399 g/mol. The van der Waals surface area contributed by atoms with Crippen molar-refractivity contribution in [3.63, 3.8) is 0 Å². The molecule has 0 spiro atoms. The molecule has 0 atom stereocenters. The Morgan fingerprint density at radius 2 is 1.93 bits per heavy atom. The fourth-order valence-electron chi connectivity index (χ4n) is 3.28. The number of nitrogens with one attached hydrogen (secondary N) is 2. The molecular formula is C13H12F3N9O3. The number of amides is 1. The number of carbonyl (C=O) groups excluding carboxylic acids is 1. The highest BCUT2D eigenvalue weighted by atomic mass is 19.4. The van der Waals surface area contributed by atoms with Crippen molar-refractivity contribution < 1.29 is 18.0 Å². The molecule has 0 aliphatic carbocycles. The third kappa shape index (κ3) is 2.84. The Bertz CT molecular complexity index is 1140. The zero-order valence-corrected chi connectivity index (χ0v) is 14.0. The van der Waals surface area contributed by atoms with Crippen LogP contribution in [0.4, 0.5) is 13.2 Å². The van der Waals surface area contributed by atoms with E-state index in [4.69, 9.17) is 0 Å². The van der Waals surface area contributed by atoms with Gasteiger partial charge in [-0.15, -0.1) is 5.10 Å². The molecule has 1 saturated heterocycles. The zero-order chi connectivity index (χ0) is 20.1. The molecule has 0 aromatic carbocycles. The minimum atomic E-state index is -4.93. The smallest absolute Gasteiger partial charge is 0.335 e. The molecule has 0 unspecified atom stereocenters. The second-order valence-electron chi connectivity index (χ2n) is 6.15. The van der Waals surface area contributed by atoms with Crippen LogP contribution in [0.1, 0.15) is 18.9 Å². The third-order valence-corrected chi connectivity index (χ3v) is 4.54. The Kier molecular flexibility index (Phi) is 4.01. The van der Waals surface area contributed by atoms with Gasteiger partial charge in [-0.2, -0.15) is 18.4 Å². The Balaban J connectivity index is 1.73. The molecule has 1 amide bonds. The lowest BCUT2D eigenvalue weighted by Crippen LogP contribution is -2.45. The van der Waals surface area contributed by atoms with Crippen LogP contribution >= 0.6 is 0 Å². The Morgan fingerprint density at radius 1 is 1.21 bits per heavy atom. The van der Waals surface area contributed by atoms with Crippen LogP contribution in [0, 0.1) is 0 Å². The van der Waals surface area contributed by atoms with Crippen molar-refractivity contribution in [2.24, 2.45) is 0 Å². The van der Waals surface area contributed by atoms with Crippen LogP contribution in [-0.4, -0.2) is 69.8 Å². The largest absolute Gasteiger partial charge is 0.471 e. The van der Waals surface area contributed by atoms with Gasteiger partial charge in [-0.05, 0) is 18.1 Å². The van der Waals surface area contributed by atoms with Gasteiger partial charge in [0, 0.05) is 19.1 Å². The summed E-state index contributed by atoms with van der Waals surface area (Å²) in [7, 11) is 0. The highest BCUT2D eigenvalue weighted by Gasteiger charge is 2.43. The number of H-pyrrole nitrogens is 2. The maximum Gasteiger partial charge on any atom is 0.471 e. The summed E-state index contributed by atoms with van der Waals surface area (Å²) in [5.74, 6) is -2.01. The predicted molar refractivity (Wildman–Crippen MR) is 84.6 cm³/mol. The topological polar surface area (TPSA) is 147 Å². The number of hydrogen-bond acceptors (Lipinski definition) is 7. The zero-order valence-electron chi connectivity index (χ0n) is 14.0. The predicted octanol–water partition coefficient (Wildman–Crippen LogP) is -0.886. The standard InChI is InChI=1S/C13H12F3N9O3/c14-13(15,16)10(27)23-3-1-6(2-4-23)24-5-17-7-8(26)18-12(28)25(9(7)24)11-19-21-22-20-11/h5-6H,1-4H2,(H,18,26,28)(H,19,20,21,22). The van der Waals surface area contributed by atoms with Gasteiger partial charge in [0.25, 0.3) is 11.5 Å². The quantitative estimate of drug-likeness (QED) is 0.568. The number of aromatic nitrogens is 8. The van der Waals surface area contributed by atoms with E-state index in [1.807, 2.05) is 0 Å². The summed E-state index contributed by atoms with van der Waals surface area (Å²) >= 11 is 0. The number of hydrogen-bond donors (Lipinski definition) is 2. The minimum absolute atomic E-state index is 0.0572. The van der Waals surface area contributed by atoms with Gasteiger partial charge in [0.2, 0.25) is 0 Å². The fourth-order valence-corrected chi connectivity index (χ4v) is 3.28. The first kappa shape index (κ1) is 17.9. The second kappa shape index (κ2) is 6.28. The summed E-state index contributed by atoms with van der Waals surface area (Å²) in [5, 5.41) is 13.0. The van der Waals surface area contributed by atoms with E-state index in [1.165, 1.54) is 10.9 Å². The molecule has 4 heterocycles. The van der Waals surface area contributed by atoms with Crippen molar-refractivity contribution in [1.82, 2.24) is 44.6 Å². The molecule has 1 aliphatic heterocycles. The van der Waals surface area contributed by atoms with Gasteiger partial charge in [0.1, 0.15) is 0 Å². The van der Waals surface area contributed by atoms with Crippen molar-refractivity contribution in [2.75, 3.05) is 13.1 Å². The fraction of sp³-hybridized carbons (Fsp3) is 0.462. The lowest BCUT2D eigenvalue weighted by molar-refractivity contribution is -0.186. The van der Waals surface area contributed by atoms with Crippen molar-refractivity contribution in [3.05, 3.63) is 27.2 Å². The van der Waals surface area contributed by atoms with Crippen LogP contribution in [0.25, 0.3) is 17.1 Å². The van der Waals surface area contributed by atoms with E-state index in [-0.39, 0.29) is 49.1 Å². The molecule has 28 heavy (non-hydrogen) atoms. The number of carbonyl (C=O) groups is 1. The number of imidazole rings is 1. The third-order valence-electron chi connectivity index (χ3n) is 4.54. The van der Waals surface area contributed by atoms with E-state index in [0.29, 0.717) is 0 Å². The first-order valence-corrected chi connectivity index (χ1v) is 8.09. The van der Waals surface area contributed by atoms with E-state index < -0.39 is 23.3 Å². The molecule has 2 N–H and O–H groups in total. The van der Waals surface area contributed by atoms with Crippen molar-refractivity contribution in [3.8, 4) is 5.95 Å². The van der Waals surface area contributed by atoms with Crippen LogP contribution in [0.2, 0.25) is 0 Å². The molecule has 0 bridgehead atoms. The van der Waals surface area contributed by atoms with Crippen molar-refractivity contribution in [1.29, 1.82) is 0 Å². The summed E-state index contributed by atoms with van der Waals surface area (Å²) in [5.41, 5.74) is -1.50. The Morgan fingerprint density at radius 3 is 2.54 bits per heavy atom. The van der Waals surface area contributed by atoms with Crippen LogP contribution in [0.5, 0.6) is 0 Å². The van der Waals surface area contributed by atoms with E-state index >= 15 is 0 Å². The summed E-state index contributed by atoms with van der Waals surface area (Å²) in [6.07, 6.45) is -3.25. The molecule has 3 aromatic rings. The first-order chi connectivity index (χ1) is 13.3. The normalized spacial score (nSPS) is 16.0. The SMILES string of the molecule is O=C(N1CCC(n2cnc3c(=O)[nH]c(=O)n(-c4nn[nH]n4)c32)CC1)C(F)(F)F. The minimum Gasteiger partial charge on any atom is -0.335 e. The molecule has 0 saturated carbocycles. The van der Waals surface area contributed by atoms with Crippen LogP contribution in [0.3, 0.4) is 0 Å². The second-order valence-corrected chi connectivity index (χ2v) is 6.15. The van der Waals surface area contributed by atoms with Gasteiger partial charge in [-0.25, -0.2) is 14.3 Å². The number of tetrazole rings is 1. The number of nitrogens with zero attached hydrogens (tertiary/aromatic N) is 7. The lowest BCUT2D eigenvalue weighted by atomic mass is 10.0. The van der Waals surface area contributed by atoms with E-state index in [2.05, 4.69) is 30.6 Å². The molecule has 12 nitrogen and oxygen atoms in total. The molecule has 4 rings (SSSR count). The van der Waals surface area contributed by atoms with Gasteiger partial charge >= 0.3 is 17.8 Å². The number of alkyl halides is 3. The van der Waals surface area contributed by atoms with Crippen LogP contribution in [-0.2, 0) is 4.79 Å². The molecule has 0 radical (unpaired) electrons. The highest BCUT2D eigenvalue weighted by Crippen LogP contribution is 2.28. The number of rotatable bonds is 2. The van der Waals surface area contributed by atoms with Crippen LogP contribution < -0.4 is 11.2 Å². The molecular weight excluding hydrogens is 387 g/mol. The summed E-state index contributed by atoms with van der Waals surface area (Å²) in [6.45, 7) is -0.253. The molecule has 3 aromatic heterocycles. The summed E-state index contributed by atoms with van der Waals surface area (Å²) in [4.78, 5) is 42.6. The van der Waals surface area contributed by atoms with E-state index in [0.717, 1.165) is 9.47 Å². The molecule has 148 valence electrons. The van der Waals surface area contributed by atoms with Crippen LogP contribution in [0.15, 0.2) is 15.9 Å². The average molecular weight is 399 g/mol. The number of piperidine rings is 1. The number of halogens is 3. The van der Waals surface area contributed by atoms with Crippen molar-refractivity contribution in [2.45, 2.75) is 25.1 Å². The average Bonchev–Trinajstić information content (AvgIpc) is 3.31. The van der Waals surface area contributed by atoms with E-state index in [1.54, 1.807) is 0 Å².